The molecule has 130 valence electrons. The topological polar surface area (TPSA) is 44.8 Å². The number of hydrogen-bond acceptors (Lipinski definition) is 4. The van der Waals surface area contributed by atoms with Gasteiger partial charge in [0.25, 0.3) is 5.91 Å². The highest BCUT2D eigenvalue weighted by atomic mass is 16.5. The van der Waals surface area contributed by atoms with E-state index in [1.54, 1.807) is 0 Å². The third-order valence-corrected chi connectivity index (χ3v) is 4.89. The molecule has 25 heavy (non-hydrogen) atoms. The molecule has 0 aromatic heterocycles. The van der Waals surface area contributed by atoms with Crippen LogP contribution in [0.2, 0.25) is 0 Å². The molecule has 0 unspecified atom stereocenters. The van der Waals surface area contributed by atoms with Crippen LogP contribution in [-0.4, -0.2) is 50.1 Å². The number of rotatable bonds is 4. The minimum atomic E-state index is -0.0865. The summed E-state index contributed by atoms with van der Waals surface area (Å²) in [5.41, 5.74) is 3.34. The molecule has 2 aliphatic heterocycles. The van der Waals surface area contributed by atoms with Gasteiger partial charge in [-0.15, -0.1) is 0 Å². The van der Waals surface area contributed by atoms with Gasteiger partial charge in [-0.1, -0.05) is 24.3 Å². The van der Waals surface area contributed by atoms with Gasteiger partial charge in [-0.2, -0.15) is 0 Å². The Hall–Kier alpha value is -2.53. The number of hydrogen-bond donors (Lipinski definition) is 1. The van der Waals surface area contributed by atoms with E-state index in [1.165, 1.54) is 11.3 Å². The monoisotopic (exact) mass is 337 g/mol. The van der Waals surface area contributed by atoms with Crippen LogP contribution in [0.15, 0.2) is 48.5 Å². The molecule has 0 aliphatic carbocycles. The molecule has 1 N–H and O–H groups in total. The standard InChI is InChI=1S/C20H23N3O2/c24-20-15-25-19-14-16(6-7-18(19)21-20)8-9-22-10-12-23(13-11-22)17-4-2-1-3-5-17/h1-7,14H,8-13,15H2,(H,21,24). The van der Waals surface area contributed by atoms with Crippen LogP contribution in [0.5, 0.6) is 5.75 Å². The van der Waals surface area contributed by atoms with Crippen molar-refractivity contribution in [3.8, 4) is 5.75 Å². The zero-order valence-electron chi connectivity index (χ0n) is 14.3. The Balaban J connectivity index is 1.29. The number of ether oxygens (including phenoxy) is 1. The molecular formula is C20H23N3O2. The number of amides is 1. The second kappa shape index (κ2) is 7.15. The molecule has 5 heteroatoms. The molecule has 5 nitrogen and oxygen atoms in total. The summed E-state index contributed by atoms with van der Waals surface area (Å²) in [6, 6.07) is 16.7. The lowest BCUT2D eigenvalue weighted by Gasteiger charge is -2.36. The van der Waals surface area contributed by atoms with Crippen molar-refractivity contribution in [2.75, 3.05) is 49.5 Å². The summed E-state index contributed by atoms with van der Waals surface area (Å²) < 4.78 is 5.50. The summed E-state index contributed by atoms with van der Waals surface area (Å²) >= 11 is 0. The SMILES string of the molecule is O=C1COc2cc(CCN3CCN(c4ccccc4)CC3)ccc2N1. The van der Waals surface area contributed by atoms with Gasteiger partial charge in [0.2, 0.25) is 0 Å². The summed E-state index contributed by atoms with van der Waals surface area (Å²) in [6.45, 7) is 5.48. The maximum Gasteiger partial charge on any atom is 0.262 e. The molecule has 1 amide bonds. The maximum atomic E-state index is 11.3. The minimum absolute atomic E-state index is 0.0865. The van der Waals surface area contributed by atoms with E-state index in [9.17, 15) is 4.79 Å². The molecule has 2 aromatic carbocycles. The van der Waals surface area contributed by atoms with E-state index < -0.39 is 0 Å². The summed E-state index contributed by atoms with van der Waals surface area (Å²) in [4.78, 5) is 16.3. The Bertz CT molecular complexity index is 740. The second-order valence-electron chi connectivity index (χ2n) is 6.58. The second-order valence-corrected chi connectivity index (χ2v) is 6.58. The van der Waals surface area contributed by atoms with Crippen molar-refractivity contribution in [2.24, 2.45) is 0 Å². The van der Waals surface area contributed by atoms with Crippen LogP contribution in [0.3, 0.4) is 0 Å². The van der Waals surface area contributed by atoms with E-state index in [4.69, 9.17) is 4.74 Å². The largest absolute Gasteiger partial charge is 0.482 e. The lowest BCUT2D eigenvalue weighted by molar-refractivity contribution is -0.118. The van der Waals surface area contributed by atoms with Gasteiger partial charge < -0.3 is 15.0 Å². The Kier molecular flexibility index (Phi) is 4.57. The van der Waals surface area contributed by atoms with Crippen LogP contribution in [0.4, 0.5) is 11.4 Å². The fourth-order valence-corrected chi connectivity index (χ4v) is 3.43. The van der Waals surface area contributed by atoms with Crippen LogP contribution < -0.4 is 15.0 Å². The van der Waals surface area contributed by atoms with Gasteiger partial charge in [0.1, 0.15) is 5.75 Å². The van der Waals surface area contributed by atoms with Gasteiger partial charge in [0.15, 0.2) is 6.61 Å². The van der Waals surface area contributed by atoms with Crippen molar-refractivity contribution in [3.05, 3.63) is 54.1 Å². The Morgan fingerprint density at radius 3 is 2.60 bits per heavy atom. The highest BCUT2D eigenvalue weighted by molar-refractivity contribution is 5.95. The fraction of sp³-hybridized carbons (Fsp3) is 0.350. The molecular weight excluding hydrogens is 314 g/mol. The highest BCUT2D eigenvalue weighted by Gasteiger charge is 2.18. The van der Waals surface area contributed by atoms with E-state index in [1.807, 2.05) is 6.07 Å². The quantitative estimate of drug-likeness (QED) is 0.930. The number of carbonyl (C=O) groups excluding carboxylic acids is 1. The molecule has 0 bridgehead atoms. The zero-order valence-corrected chi connectivity index (χ0v) is 14.3. The molecule has 2 aromatic rings. The number of fused-ring (bicyclic) bond motifs is 1. The minimum Gasteiger partial charge on any atom is -0.482 e. The van der Waals surface area contributed by atoms with E-state index in [0.717, 1.165) is 50.6 Å². The molecule has 1 fully saturated rings. The van der Waals surface area contributed by atoms with Crippen LogP contribution in [0, 0.1) is 0 Å². The van der Waals surface area contributed by atoms with Crippen LogP contribution in [0.1, 0.15) is 5.56 Å². The van der Waals surface area contributed by atoms with Crippen LogP contribution in [-0.2, 0) is 11.2 Å². The molecule has 4 rings (SSSR count). The van der Waals surface area contributed by atoms with Gasteiger partial charge in [-0.25, -0.2) is 0 Å². The molecule has 0 saturated carbocycles. The number of carbonyl (C=O) groups is 1. The Morgan fingerprint density at radius 2 is 1.80 bits per heavy atom. The molecule has 0 radical (unpaired) electrons. The van der Waals surface area contributed by atoms with Crippen LogP contribution in [0.25, 0.3) is 0 Å². The predicted molar refractivity (Wildman–Crippen MR) is 99.4 cm³/mol. The fourth-order valence-electron chi connectivity index (χ4n) is 3.43. The first-order valence-corrected chi connectivity index (χ1v) is 8.86. The number of benzene rings is 2. The van der Waals surface area contributed by atoms with Gasteiger partial charge in [0, 0.05) is 38.4 Å². The third kappa shape index (κ3) is 3.77. The van der Waals surface area contributed by atoms with E-state index in [0.29, 0.717) is 0 Å². The first-order valence-electron chi connectivity index (χ1n) is 8.86. The lowest BCUT2D eigenvalue weighted by Crippen LogP contribution is -2.46. The number of para-hydroxylation sites is 1. The van der Waals surface area contributed by atoms with Crippen molar-refractivity contribution in [1.82, 2.24) is 4.90 Å². The van der Waals surface area contributed by atoms with Crippen molar-refractivity contribution in [1.29, 1.82) is 0 Å². The molecule has 2 heterocycles. The maximum absolute atomic E-state index is 11.3. The Labute approximate surface area is 148 Å². The molecule has 1 saturated heterocycles. The molecule has 2 aliphatic rings. The van der Waals surface area contributed by atoms with Gasteiger partial charge >= 0.3 is 0 Å². The van der Waals surface area contributed by atoms with E-state index >= 15 is 0 Å². The predicted octanol–water partition coefficient (Wildman–Crippen LogP) is 2.38. The van der Waals surface area contributed by atoms with Crippen molar-refractivity contribution >= 4 is 17.3 Å². The number of nitrogens with zero attached hydrogens (tertiary/aromatic N) is 2. The van der Waals surface area contributed by atoms with Crippen molar-refractivity contribution in [2.45, 2.75) is 6.42 Å². The summed E-state index contributed by atoms with van der Waals surface area (Å²) in [5, 5.41) is 2.83. The van der Waals surface area contributed by atoms with Gasteiger partial charge in [-0.3, -0.25) is 9.69 Å². The van der Waals surface area contributed by atoms with E-state index in [2.05, 4.69) is 57.6 Å². The normalized spacial score (nSPS) is 17.6. The first kappa shape index (κ1) is 16.0. The average molecular weight is 337 g/mol. The number of anilines is 2. The summed E-state index contributed by atoms with van der Waals surface area (Å²) in [7, 11) is 0. The van der Waals surface area contributed by atoms with Crippen LogP contribution >= 0.6 is 0 Å². The third-order valence-electron chi connectivity index (χ3n) is 4.89. The van der Waals surface area contributed by atoms with Gasteiger partial charge in [-0.05, 0) is 36.2 Å². The highest BCUT2D eigenvalue weighted by Crippen LogP contribution is 2.28. The van der Waals surface area contributed by atoms with Crippen molar-refractivity contribution < 1.29 is 9.53 Å². The lowest BCUT2D eigenvalue weighted by atomic mass is 10.1. The smallest absolute Gasteiger partial charge is 0.262 e. The van der Waals surface area contributed by atoms with E-state index in [-0.39, 0.29) is 12.5 Å². The summed E-state index contributed by atoms with van der Waals surface area (Å²) in [5.74, 6) is 0.697. The zero-order chi connectivity index (χ0) is 17.1. The number of nitrogens with one attached hydrogen (secondary N) is 1. The van der Waals surface area contributed by atoms with Gasteiger partial charge in [0.05, 0.1) is 5.69 Å². The molecule has 0 spiro atoms. The Morgan fingerprint density at radius 1 is 1.00 bits per heavy atom. The average Bonchev–Trinajstić information content (AvgIpc) is 2.67. The summed E-state index contributed by atoms with van der Waals surface area (Å²) in [6.07, 6.45) is 0.996. The number of piperazine rings is 1. The first-order chi connectivity index (χ1) is 12.3. The van der Waals surface area contributed by atoms with Crippen molar-refractivity contribution in [3.63, 3.8) is 0 Å². The molecule has 0 atom stereocenters.